The van der Waals surface area contributed by atoms with Crippen LogP contribution in [0.15, 0.2) is 35.1 Å². The van der Waals surface area contributed by atoms with Gasteiger partial charge in [-0.25, -0.2) is 10.00 Å². The van der Waals surface area contributed by atoms with E-state index in [1.807, 2.05) is 0 Å². The fourth-order valence-corrected chi connectivity index (χ4v) is 2.07. The first-order chi connectivity index (χ1) is 10.0. The summed E-state index contributed by atoms with van der Waals surface area (Å²) in [5, 5.41) is 5.58. The van der Waals surface area contributed by atoms with E-state index in [4.69, 9.17) is 5.73 Å². The van der Waals surface area contributed by atoms with Crippen molar-refractivity contribution in [3.05, 3.63) is 57.5 Å². The molecule has 0 radical (unpaired) electrons. The number of fused-ring (bicyclic) bond motifs is 1. The Kier molecular flexibility index (Phi) is 2.65. The van der Waals surface area contributed by atoms with E-state index in [0.29, 0.717) is 4.90 Å². The highest BCUT2D eigenvalue weighted by atomic mass is 16.2. The number of hydrogen-bond donors (Lipinski definition) is 2. The minimum absolute atomic E-state index is 0.000254. The summed E-state index contributed by atoms with van der Waals surface area (Å²) >= 11 is 0. The number of rotatable bonds is 1. The first-order valence-corrected chi connectivity index (χ1v) is 5.88. The van der Waals surface area contributed by atoms with Crippen molar-refractivity contribution in [3.8, 4) is 0 Å². The second-order valence-corrected chi connectivity index (χ2v) is 4.33. The van der Waals surface area contributed by atoms with Gasteiger partial charge in [0, 0.05) is 11.8 Å². The van der Waals surface area contributed by atoms with Crippen LogP contribution < -0.4 is 11.3 Å². The van der Waals surface area contributed by atoms with Crippen LogP contribution in [0, 0.1) is 0 Å². The maximum absolute atomic E-state index is 12.2. The molecule has 104 valence electrons. The van der Waals surface area contributed by atoms with Crippen LogP contribution in [0.5, 0.6) is 0 Å². The van der Waals surface area contributed by atoms with E-state index >= 15 is 0 Å². The zero-order valence-electron chi connectivity index (χ0n) is 10.5. The topological polar surface area (TPSA) is 126 Å². The first kappa shape index (κ1) is 12.7. The molecule has 0 unspecified atom stereocenters. The first-order valence-electron chi connectivity index (χ1n) is 5.88. The summed E-state index contributed by atoms with van der Waals surface area (Å²) in [6.07, 6.45) is 0. The summed E-state index contributed by atoms with van der Waals surface area (Å²) < 4.78 is 0. The van der Waals surface area contributed by atoms with Gasteiger partial charge in [0.2, 0.25) is 0 Å². The van der Waals surface area contributed by atoms with E-state index in [-0.39, 0.29) is 22.5 Å². The molecule has 0 saturated heterocycles. The Bertz CT molecular complexity index is 835. The molecule has 8 heteroatoms. The quantitative estimate of drug-likeness (QED) is 0.551. The number of aromatic amines is 1. The normalized spacial score (nSPS) is 13.4. The lowest BCUT2D eigenvalue weighted by Gasteiger charge is -2.10. The summed E-state index contributed by atoms with van der Waals surface area (Å²) in [5.41, 5.74) is 5.14. The van der Waals surface area contributed by atoms with E-state index < -0.39 is 23.3 Å². The minimum Gasteiger partial charge on any atom is -0.398 e. The number of benzene rings is 1. The molecule has 8 nitrogen and oxygen atoms in total. The summed E-state index contributed by atoms with van der Waals surface area (Å²) in [4.78, 5) is 48.0. The van der Waals surface area contributed by atoms with Crippen molar-refractivity contribution in [1.82, 2.24) is 15.1 Å². The predicted molar refractivity (Wildman–Crippen MR) is 70.5 cm³/mol. The standard InChI is InChI=1S/C13H8N4O4/c14-7-3-1-2-6-10(7)13(21)17(11(6)19)12(20)8-4-5-9(18)16-15-8/h1-5H,14H2,(H,16,18). The van der Waals surface area contributed by atoms with Gasteiger partial charge in [0.15, 0.2) is 0 Å². The lowest BCUT2D eigenvalue weighted by molar-refractivity contribution is 0.0563. The SMILES string of the molecule is Nc1cccc2c1C(=O)N(C(=O)c1ccc(=O)[nH]n1)C2=O. The molecule has 0 saturated carbocycles. The number of anilines is 1. The summed E-state index contributed by atoms with van der Waals surface area (Å²) in [6, 6.07) is 6.61. The third-order valence-electron chi connectivity index (χ3n) is 3.05. The zero-order valence-corrected chi connectivity index (χ0v) is 10.5. The number of carbonyl (C=O) groups excluding carboxylic acids is 3. The number of H-pyrrole nitrogens is 1. The molecule has 0 bridgehead atoms. The molecule has 0 spiro atoms. The van der Waals surface area contributed by atoms with Crippen LogP contribution in [-0.4, -0.2) is 32.8 Å². The Morgan fingerprint density at radius 2 is 1.86 bits per heavy atom. The third kappa shape index (κ3) is 1.81. The minimum atomic E-state index is -0.920. The number of aromatic nitrogens is 2. The second-order valence-electron chi connectivity index (χ2n) is 4.33. The number of nitrogens with two attached hydrogens (primary N) is 1. The van der Waals surface area contributed by atoms with Crippen LogP contribution in [-0.2, 0) is 0 Å². The van der Waals surface area contributed by atoms with Gasteiger partial charge in [-0.15, -0.1) is 0 Å². The van der Waals surface area contributed by atoms with Gasteiger partial charge >= 0.3 is 0 Å². The Hall–Kier alpha value is -3.29. The largest absolute Gasteiger partial charge is 0.398 e. The molecule has 3 amide bonds. The number of nitrogens with one attached hydrogen (secondary N) is 1. The molecule has 1 aliphatic heterocycles. The number of amides is 3. The van der Waals surface area contributed by atoms with Crippen molar-refractivity contribution >= 4 is 23.4 Å². The van der Waals surface area contributed by atoms with Gasteiger partial charge in [-0.3, -0.25) is 19.2 Å². The average molecular weight is 284 g/mol. The van der Waals surface area contributed by atoms with Gasteiger partial charge in [-0.05, 0) is 18.2 Å². The zero-order chi connectivity index (χ0) is 15.1. The maximum atomic E-state index is 12.2. The van der Waals surface area contributed by atoms with Crippen LogP contribution in [0.1, 0.15) is 31.2 Å². The van der Waals surface area contributed by atoms with Crippen molar-refractivity contribution in [1.29, 1.82) is 0 Å². The number of imide groups is 3. The second kappa shape index (κ2) is 4.37. The number of nitrogens with zero attached hydrogens (tertiary/aromatic N) is 2. The van der Waals surface area contributed by atoms with E-state index in [0.717, 1.165) is 12.1 Å². The van der Waals surface area contributed by atoms with Crippen LogP contribution in [0.3, 0.4) is 0 Å². The molecule has 0 atom stereocenters. The fraction of sp³-hybridized carbons (Fsp3) is 0. The Morgan fingerprint density at radius 3 is 2.48 bits per heavy atom. The summed E-state index contributed by atoms with van der Waals surface area (Å²) in [7, 11) is 0. The lowest BCUT2D eigenvalue weighted by Crippen LogP contribution is -2.37. The van der Waals surface area contributed by atoms with Gasteiger partial charge in [-0.1, -0.05) is 6.07 Å². The molecule has 1 aliphatic rings. The van der Waals surface area contributed by atoms with Crippen molar-refractivity contribution in [2.24, 2.45) is 0 Å². The highest BCUT2D eigenvalue weighted by Gasteiger charge is 2.41. The molecule has 2 aromatic rings. The predicted octanol–water partition coefficient (Wildman–Crippen LogP) is -0.212. The molecule has 1 aromatic carbocycles. The smallest absolute Gasteiger partial charge is 0.288 e. The van der Waals surface area contributed by atoms with Gasteiger partial charge in [0.1, 0.15) is 5.69 Å². The fourth-order valence-electron chi connectivity index (χ4n) is 2.07. The summed E-state index contributed by atoms with van der Waals surface area (Å²) in [6.45, 7) is 0. The number of carbonyl (C=O) groups is 3. The average Bonchev–Trinajstić information content (AvgIpc) is 2.72. The molecule has 21 heavy (non-hydrogen) atoms. The molecule has 1 aromatic heterocycles. The van der Waals surface area contributed by atoms with Crippen molar-refractivity contribution < 1.29 is 14.4 Å². The molecule has 3 rings (SSSR count). The van der Waals surface area contributed by atoms with Crippen molar-refractivity contribution in [2.75, 3.05) is 5.73 Å². The van der Waals surface area contributed by atoms with Gasteiger partial charge in [0.25, 0.3) is 23.3 Å². The van der Waals surface area contributed by atoms with Crippen LogP contribution in [0.25, 0.3) is 0 Å². The monoisotopic (exact) mass is 284 g/mol. The lowest BCUT2D eigenvalue weighted by atomic mass is 10.1. The van der Waals surface area contributed by atoms with Gasteiger partial charge < -0.3 is 5.73 Å². The molecular formula is C13H8N4O4. The van der Waals surface area contributed by atoms with Gasteiger partial charge in [-0.2, -0.15) is 5.10 Å². The molecule has 0 fully saturated rings. The van der Waals surface area contributed by atoms with E-state index in [1.54, 1.807) is 0 Å². The Balaban J connectivity index is 2.06. The van der Waals surface area contributed by atoms with E-state index in [2.05, 4.69) is 10.2 Å². The third-order valence-corrected chi connectivity index (χ3v) is 3.05. The summed E-state index contributed by atoms with van der Waals surface area (Å²) in [5.74, 6) is -2.48. The van der Waals surface area contributed by atoms with Gasteiger partial charge in [0.05, 0.1) is 11.1 Å². The maximum Gasteiger partial charge on any atom is 0.288 e. The highest BCUT2D eigenvalue weighted by molar-refractivity contribution is 6.32. The molecular weight excluding hydrogens is 276 g/mol. The molecule has 2 heterocycles. The Morgan fingerprint density at radius 1 is 1.10 bits per heavy atom. The number of hydrogen-bond acceptors (Lipinski definition) is 6. The Labute approximate surface area is 117 Å². The van der Waals surface area contributed by atoms with Crippen LogP contribution >= 0.6 is 0 Å². The van der Waals surface area contributed by atoms with Crippen molar-refractivity contribution in [2.45, 2.75) is 0 Å². The molecule has 0 aliphatic carbocycles. The highest BCUT2D eigenvalue weighted by Crippen LogP contribution is 2.28. The van der Waals surface area contributed by atoms with E-state index in [9.17, 15) is 19.2 Å². The molecule has 3 N–H and O–H groups in total. The van der Waals surface area contributed by atoms with E-state index in [1.165, 1.54) is 18.2 Å². The van der Waals surface area contributed by atoms with Crippen LogP contribution in [0.4, 0.5) is 5.69 Å². The van der Waals surface area contributed by atoms with Crippen molar-refractivity contribution in [3.63, 3.8) is 0 Å². The van der Waals surface area contributed by atoms with Crippen LogP contribution in [0.2, 0.25) is 0 Å². The number of nitrogen functional groups attached to an aromatic ring is 1.